The van der Waals surface area contributed by atoms with Crippen LogP contribution in [0.5, 0.6) is 0 Å². The Hall–Kier alpha value is 0.610. The van der Waals surface area contributed by atoms with Gasteiger partial charge in [0.2, 0.25) is 0 Å². The average molecular weight is 296 g/mol. The van der Waals surface area contributed by atoms with Crippen molar-refractivity contribution in [3.05, 3.63) is 0 Å². The number of hydrogen-bond donors (Lipinski definition) is 2. The van der Waals surface area contributed by atoms with Crippen LogP contribution < -0.4 is 8.85 Å². The summed E-state index contributed by atoms with van der Waals surface area (Å²) in [5, 5.41) is 3.39. The molecule has 0 bridgehead atoms. The Kier molecular flexibility index (Phi) is 3.45. The van der Waals surface area contributed by atoms with Gasteiger partial charge >= 0.3 is 0 Å². The maximum Gasteiger partial charge on any atom is 0.0716 e. The molecule has 4 heteroatoms. The first-order chi connectivity index (χ1) is 6.35. The summed E-state index contributed by atoms with van der Waals surface area (Å²) in [6, 6.07) is 0. The molecule has 0 aromatic heterocycles. The van der Waals surface area contributed by atoms with E-state index in [1.807, 2.05) is 0 Å². The molecule has 1 spiro atoms. The van der Waals surface area contributed by atoms with Crippen LogP contribution in [-0.2, 0) is 4.74 Å². The van der Waals surface area contributed by atoms with Crippen LogP contribution in [0.15, 0.2) is 0 Å². The summed E-state index contributed by atoms with van der Waals surface area (Å²) in [6.45, 7) is 3.25. The number of piperidine rings is 1. The van der Waals surface area contributed by atoms with Gasteiger partial charge in [-0.15, -0.1) is 0 Å². The summed E-state index contributed by atoms with van der Waals surface area (Å²) < 4.78 is 9.28. The van der Waals surface area contributed by atoms with E-state index in [9.17, 15) is 0 Å². The lowest BCUT2D eigenvalue weighted by Gasteiger charge is -2.33. The Morgan fingerprint density at radius 2 is 2.15 bits per heavy atom. The van der Waals surface area contributed by atoms with E-state index in [2.05, 4.69) is 31.7 Å². The van der Waals surface area contributed by atoms with Crippen molar-refractivity contribution in [1.29, 1.82) is 0 Å². The zero-order valence-electron chi connectivity index (χ0n) is 7.81. The Labute approximate surface area is 93.5 Å². The van der Waals surface area contributed by atoms with Gasteiger partial charge in [-0.3, -0.25) is 3.53 Å². The predicted molar refractivity (Wildman–Crippen MR) is 61.0 cm³/mol. The summed E-state index contributed by atoms with van der Waals surface area (Å²) in [6.07, 6.45) is 5.35. The van der Waals surface area contributed by atoms with Gasteiger partial charge in [0.15, 0.2) is 0 Å². The van der Waals surface area contributed by atoms with Gasteiger partial charge in [-0.1, -0.05) is 0 Å². The third-order valence-corrected chi connectivity index (χ3v) is 3.60. The molecule has 2 fully saturated rings. The van der Waals surface area contributed by atoms with Crippen molar-refractivity contribution in [3.8, 4) is 0 Å². The molecule has 0 radical (unpaired) electrons. The fraction of sp³-hybridized carbons (Fsp3) is 1.00. The average Bonchev–Trinajstić information content (AvgIpc) is 2.51. The zero-order chi connectivity index (χ0) is 9.15. The second-order valence-electron chi connectivity index (χ2n) is 4.05. The van der Waals surface area contributed by atoms with E-state index in [-0.39, 0.29) is 5.60 Å². The van der Waals surface area contributed by atoms with Crippen LogP contribution in [0.25, 0.3) is 0 Å². The summed E-state index contributed by atoms with van der Waals surface area (Å²) in [5.41, 5.74) is 0.239. The highest BCUT2D eigenvalue weighted by Gasteiger charge is 2.40. The van der Waals surface area contributed by atoms with Crippen LogP contribution in [0.3, 0.4) is 0 Å². The maximum absolute atomic E-state index is 6.12. The van der Waals surface area contributed by atoms with Gasteiger partial charge in [0, 0.05) is 29.4 Å². The quantitative estimate of drug-likeness (QED) is 0.594. The molecule has 0 aromatic carbocycles. The normalized spacial score (nSPS) is 32.5. The van der Waals surface area contributed by atoms with Crippen molar-refractivity contribution in [1.82, 2.24) is 8.85 Å². The molecular formula is C9H17IN2O. The van der Waals surface area contributed by atoms with E-state index in [1.165, 1.54) is 25.7 Å². The van der Waals surface area contributed by atoms with Crippen LogP contribution in [0.2, 0.25) is 0 Å². The van der Waals surface area contributed by atoms with Crippen molar-refractivity contribution in [2.75, 3.05) is 19.6 Å². The monoisotopic (exact) mass is 296 g/mol. The molecule has 0 aromatic rings. The Balaban J connectivity index is 1.87. The van der Waals surface area contributed by atoms with Crippen LogP contribution >= 0.6 is 22.9 Å². The van der Waals surface area contributed by atoms with Gasteiger partial charge in [-0.25, -0.2) is 0 Å². The number of rotatable bonds is 2. The Bertz CT molecular complexity index is 171. The third kappa shape index (κ3) is 2.34. The van der Waals surface area contributed by atoms with E-state index in [0.29, 0.717) is 6.10 Å². The van der Waals surface area contributed by atoms with Crippen molar-refractivity contribution in [3.63, 3.8) is 0 Å². The Morgan fingerprint density at radius 1 is 1.38 bits per heavy atom. The first-order valence-electron chi connectivity index (χ1n) is 5.07. The van der Waals surface area contributed by atoms with Gasteiger partial charge in [0.1, 0.15) is 0 Å². The molecular weight excluding hydrogens is 279 g/mol. The summed E-state index contributed by atoms with van der Waals surface area (Å²) in [7, 11) is 0. The van der Waals surface area contributed by atoms with Gasteiger partial charge in [0.05, 0.1) is 11.7 Å². The minimum atomic E-state index is 0.239. The molecule has 13 heavy (non-hydrogen) atoms. The van der Waals surface area contributed by atoms with E-state index >= 15 is 0 Å². The number of ether oxygens (including phenoxy) is 1. The lowest BCUT2D eigenvalue weighted by Crippen LogP contribution is -2.42. The smallest absolute Gasteiger partial charge is 0.0716 e. The van der Waals surface area contributed by atoms with Crippen molar-refractivity contribution >= 4 is 22.9 Å². The molecule has 2 aliphatic rings. The molecule has 1 atom stereocenters. The first kappa shape index (κ1) is 10.1. The number of hydrogen-bond acceptors (Lipinski definition) is 3. The Morgan fingerprint density at radius 3 is 2.85 bits per heavy atom. The van der Waals surface area contributed by atoms with Crippen molar-refractivity contribution < 1.29 is 4.74 Å². The predicted octanol–water partition coefficient (Wildman–Crippen LogP) is 1.23. The minimum absolute atomic E-state index is 0.239. The zero-order valence-corrected chi connectivity index (χ0v) is 9.97. The maximum atomic E-state index is 6.12. The molecule has 3 nitrogen and oxygen atoms in total. The summed E-state index contributed by atoms with van der Waals surface area (Å²) >= 11 is 2.19. The van der Waals surface area contributed by atoms with Crippen LogP contribution in [-0.4, -0.2) is 31.3 Å². The minimum Gasteiger partial charge on any atom is -0.370 e. The van der Waals surface area contributed by atoms with Crippen molar-refractivity contribution in [2.24, 2.45) is 0 Å². The fourth-order valence-corrected chi connectivity index (χ4v) is 2.87. The highest BCUT2D eigenvalue weighted by atomic mass is 127. The second-order valence-corrected chi connectivity index (χ2v) is 4.81. The molecule has 2 rings (SSSR count). The van der Waals surface area contributed by atoms with Gasteiger partial charge in [-0.2, -0.15) is 0 Å². The fourth-order valence-electron chi connectivity index (χ4n) is 2.38. The molecule has 0 aliphatic carbocycles. The SMILES string of the molecule is INCC1CCC2(CCNCC2)O1. The van der Waals surface area contributed by atoms with E-state index in [1.54, 1.807) is 0 Å². The molecule has 2 N–H and O–H groups in total. The molecule has 0 saturated carbocycles. The number of halogens is 1. The number of nitrogens with one attached hydrogen (secondary N) is 2. The largest absolute Gasteiger partial charge is 0.370 e. The molecule has 76 valence electrons. The van der Waals surface area contributed by atoms with E-state index in [0.717, 1.165) is 19.6 Å². The molecule has 0 amide bonds. The van der Waals surface area contributed by atoms with Crippen LogP contribution in [0.4, 0.5) is 0 Å². The molecule has 2 saturated heterocycles. The lowest BCUT2D eigenvalue weighted by atomic mass is 9.89. The topological polar surface area (TPSA) is 33.3 Å². The highest BCUT2D eigenvalue weighted by molar-refractivity contribution is 14.1. The van der Waals surface area contributed by atoms with Crippen LogP contribution in [0, 0.1) is 0 Å². The third-order valence-electron chi connectivity index (χ3n) is 3.16. The summed E-state index contributed by atoms with van der Waals surface area (Å²) in [4.78, 5) is 0. The molecule has 1 unspecified atom stereocenters. The first-order valence-corrected chi connectivity index (χ1v) is 6.15. The van der Waals surface area contributed by atoms with Gasteiger partial charge < -0.3 is 10.1 Å². The molecule has 2 heterocycles. The van der Waals surface area contributed by atoms with Crippen LogP contribution in [0.1, 0.15) is 25.7 Å². The lowest BCUT2D eigenvalue weighted by molar-refractivity contribution is -0.0563. The van der Waals surface area contributed by atoms with Gasteiger partial charge in [-0.05, 0) is 38.8 Å². The van der Waals surface area contributed by atoms with Gasteiger partial charge in [0.25, 0.3) is 0 Å². The highest BCUT2D eigenvalue weighted by Crippen LogP contribution is 2.36. The standard InChI is InChI=1S/C9H17IN2O/c10-12-7-8-1-2-9(13-8)3-5-11-6-4-9/h8,11-12H,1-7H2. The van der Waals surface area contributed by atoms with E-state index in [4.69, 9.17) is 4.74 Å². The summed E-state index contributed by atoms with van der Waals surface area (Å²) in [5.74, 6) is 0. The molecule has 2 aliphatic heterocycles. The van der Waals surface area contributed by atoms with Crippen molar-refractivity contribution in [2.45, 2.75) is 37.4 Å². The second kappa shape index (κ2) is 4.42. The van der Waals surface area contributed by atoms with E-state index < -0.39 is 0 Å².